The van der Waals surface area contributed by atoms with Crippen LogP contribution in [0.5, 0.6) is 0 Å². The number of hydrogen-bond acceptors (Lipinski definition) is 0. The summed E-state index contributed by atoms with van der Waals surface area (Å²) < 4.78 is 0. The molecule has 1 radical (unpaired) electrons. The molecular formula is C9H11S. The van der Waals surface area contributed by atoms with E-state index >= 15 is 0 Å². The van der Waals surface area contributed by atoms with Crippen molar-refractivity contribution in [1.29, 1.82) is 0 Å². The molecule has 1 aromatic carbocycles. The van der Waals surface area contributed by atoms with E-state index in [2.05, 4.69) is 19.1 Å². The SMILES string of the molecule is CCC([S])c1ccccc1. The van der Waals surface area contributed by atoms with Gasteiger partial charge in [0.15, 0.2) is 0 Å². The lowest BCUT2D eigenvalue weighted by Crippen LogP contribution is -1.85. The molecule has 1 rings (SSSR count). The highest BCUT2D eigenvalue weighted by Crippen LogP contribution is 2.21. The zero-order valence-corrected chi connectivity index (χ0v) is 6.90. The van der Waals surface area contributed by atoms with Crippen molar-refractivity contribution in [3.63, 3.8) is 0 Å². The molecule has 0 bridgehead atoms. The van der Waals surface area contributed by atoms with Crippen LogP contribution >= 0.6 is 12.6 Å². The standard InChI is InChI=1S/C9H11S/c1-2-9(10)8-6-4-3-5-7-8/h3-7,9H,2H2,1H3. The molecule has 0 fully saturated rings. The third-order valence-corrected chi connectivity index (χ3v) is 2.15. The fourth-order valence-corrected chi connectivity index (χ4v) is 1.06. The topological polar surface area (TPSA) is 0 Å². The van der Waals surface area contributed by atoms with Crippen molar-refractivity contribution < 1.29 is 0 Å². The lowest BCUT2D eigenvalue weighted by Gasteiger charge is -2.04. The Balaban J connectivity index is 2.75. The van der Waals surface area contributed by atoms with Gasteiger partial charge in [-0.05, 0) is 12.0 Å². The normalized spacial score (nSPS) is 13.0. The summed E-state index contributed by atoms with van der Waals surface area (Å²) in [7, 11) is 0. The smallest absolute Gasteiger partial charge is 0.0398 e. The van der Waals surface area contributed by atoms with Crippen LogP contribution in [-0.4, -0.2) is 0 Å². The Hall–Kier alpha value is -0.430. The van der Waals surface area contributed by atoms with E-state index in [0.29, 0.717) is 5.25 Å². The summed E-state index contributed by atoms with van der Waals surface area (Å²) >= 11 is 5.21. The van der Waals surface area contributed by atoms with E-state index in [4.69, 9.17) is 12.6 Å². The number of benzene rings is 1. The molecule has 0 heterocycles. The lowest BCUT2D eigenvalue weighted by atomic mass is 10.1. The van der Waals surface area contributed by atoms with Crippen molar-refractivity contribution in [3.8, 4) is 0 Å². The highest BCUT2D eigenvalue weighted by Gasteiger charge is 2.00. The van der Waals surface area contributed by atoms with Gasteiger partial charge in [-0.2, -0.15) is 0 Å². The Morgan fingerprint density at radius 2 is 1.90 bits per heavy atom. The maximum atomic E-state index is 5.21. The largest absolute Gasteiger partial charge is 0.0853 e. The summed E-state index contributed by atoms with van der Waals surface area (Å²) in [6, 6.07) is 10.2. The Labute approximate surface area is 67.7 Å². The predicted molar refractivity (Wildman–Crippen MR) is 47.1 cm³/mol. The molecule has 10 heavy (non-hydrogen) atoms. The minimum Gasteiger partial charge on any atom is -0.0853 e. The molecule has 1 heteroatoms. The van der Waals surface area contributed by atoms with E-state index in [1.165, 1.54) is 5.56 Å². The van der Waals surface area contributed by atoms with Gasteiger partial charge in [0.1, 0.15) is 0 Å². The van der Waals surface area contributed by atoms with Gasteiger partial charge in [-0.1, -0.05) is 49.9 Å². The highest BCUT2D eigenvalue weighted by atomic mass is 32.1. The third-order valence-electron chi connectivity index (χ3n) is 1.54. The van der Waals surface area contributed by atoms with Crippen LogP contribution in [0, 0.1) is 0 Å². The molecule has 0 aromatic heterocycles. The van der Waals surface area contributed by atoms with Gasteiger partial charge >= 0.3 is 0 Å². The molecule has 53 valence electrons. The van der Waals surface area contributed by atoms with Gasteiger partial charge in [0.05, 0.1) is 0 Å². The van der Waals surface area contributed by atoms with E-state index in [1.807, 2.05) is 18.2 Å². The molecule has 0 spiro atoms. The average Bonchev–Trinajstić information content (AvgIpc) is 2.05. The highest BCUT2D eigenvalue weighted by molar-refractivity contribution is 7.80. The molecule has 0 amide bonds. The van der Waals surface area contributed by atoms with Crippen molar-refractivity contribution in [2.45, 2.75) is 18.6 Å². The molecule has 0 saturated carbocycles. The summed E-state index contributed by atoms with van der Waals surface area (Å²) in [6.45, 7) is 2.12. The monoisotopic (exact) mass is 151 g/mol. The zero-order chi connectivity index (χ0) is 7.40. The molecule has 0 aliphatic heterocycles. The number of hydrogen-bond donors (Lipinski definition) is 0. The van der Waals surface area contributed by atoms with Gasteiger partial charge in [-0.3, -0.25) is 0 Å². The van der Waals surface area contributed by atoms with Crippen LogP contribution < -0.4 is 0 Å². The number of rotatable bonds is 2. The molecule has 0 nitrogen and oxygen atoms in total. The van der Waals surface area contributed by atoms with Crippen molar-refractivity contribution in [2.75, 3.05) is 0 Å². The predicted octanol–water partition coefficient (Wildman–Crippen LogP) is 3.34. The summed E-state index contributed by atoms with van der Waals surface area (Å²) in [5.41, 5.74) is 1.26. The Bertz CT molecular complexity index is 181. The van der Waals surface area contributed by atoms with Crippen LogP contribution in [0.1, 0.15) is 24.2 Å². The minimum absolute atomic E-state index is 0.293. The van der Waals surface area contributed by atoms with E-state index in [1.54, 1.807) is 0 Å². The molecule has 0 saturated heterocycles. The molecule has 0 aliphatic carbocycles. The van der Waals surface area contributed by atoms with Crippen molar-refractivity contribution >= 4 is 12.6 Å². The van der Waals surface area contributed by atoms with Gasteiger partial charge in [-0.15, -0.1) is 0 Å². The van der Waals surface area contributed by atoms with Gasteiger partial charge < -0.3 is 0 Å². The van der Waals surface area contributed by atoms with Crippen LogP contribution in [0.3, 0.4) is 0 Å². The first-order chi connectivity index (χ1) is 4.84. The first-order valence-corrected chi connectivity index (χ1v) is 4.02. The van der Waals surface area contributed by atoms with E-state index in [9.17, 15) is 0 Å². The first kappa shape index (κ1) is 7.67. The zero-order valence-electron chi connectivity index (χ0n) is 6.08. The van der Waals surface area contributed by atoms with E-state index < -0.39 is 0 Å². The Morgan fingerprint density at radius 3 is 2.40 bits per heavy atom. The van der Waals surface area contributed by atoms with Crippen LogP contribution in [0.15, 0.2) is 30.3 Å². The molecule has 1 unspecified atom stereocenters. The minimum atomic E-state index is 0.293. The molecule has 1 aromatic rings. The third kappa shape index (κ3) is 1.77. The lowest BCUT2D eigenvalue weighted by molar-refractivity contribution is 0.903. The van der Waals surface area contributed by atoms with Crippen molar-refractivity contribution in [2.24, 2.45) is 0 Å². The van der Waals surface area contributed by atoms with E-state index in [0.717, 1.165) is 6.42 Å². The summed E-state index contributed by atoms with van der Waals surface area (Å²) in [5, 5.41) is 0.293. The second-order valence-electron chi connectivity index (χ2n) is 2.31. The summed E-state index contributed by atoms with van der Waals surface area (Å²) in [5.74, 6) is 0. The quantitative estimate of drug-likeness (QED) is 0.608. The van der Waals surface area contributed by atoms with Crippen molar-refractivity contribution in [3.05, 3.63) is 35.9 Å². The summed E-state index contributed by atoms with van der Waals surface area (Å²) in [6.07, 6.45) is 1.04. The second kappa shape index (κ2) is 3.67. The first-order valence-electron chi connectivity index (χ1n) is 3.55. The van der Waals surface area contributed by atoms with Crippen molar-refractivity contribution in [1.82, 2.24) is 0 Å². The maximum Gasteiger partial charge on any atom is 0.0398 e. The van der Waals surface area contributed by atoms with Gasteiger partial charge in [0.2, 0.25) is 0 Å². The maximum absolute atomic E-state index is 5.21. The van der Waals surface area contributed by atoms with Crippen LogP contribution in [0.2, 0.25) is 0 Å². The van der Waals surface area contributed by atoms with Gasteiger partial charge in [-0.25, -0.2) is 0 Å². The van der Waals surface area contributed by atoms with Crippen LogP contribution in [0.25, 0.3) is 0 Å². The fourth-order valence-electron chi connectivity index (χ4n) is 0.903. The molecule has 1 atom stereocenters. The van der Waals surface area contributed by atoms with Gasteiger partial charge in [0, 0.05) is 5.25 Å². The van der Waals surface area contributed by atoms with Crippen LogP contribution in [-0.2, 0) is 0 Å². The van der Waals surface area contributed by atoms with Gasteiger partial charge in [0.25, 0.3) is 0 Å². The summed E-state index contributed by atoms with van der Waals surface area (Å²) in [4.78, 5) is 0. The molecular weight excluding hydrogens is 140 g/mol. The fraction of sp³-hybridized carbons (Fsp3) is 0.333. The van der Waals surface area contributed by atoms with E-state index in [-0.39, 0.29) is 0 Å². The molecule has 0 aliphatic rings. The average molecular weight is 151 g/mol. The van der Waals surface area contributed by atoms with Crippen LogP contribution in [0.4, 0.5) is 0 Å². The Kier molecular flexibility index (Phi) is 2.82. The molecule has 0 N–H and O–H groups in total. The second-order valence-corrected chi connectivity index (χ2v) is 2.88. The Morgan fingerprint density at radius 1 is 1.30 bits per heavy atom.